The van der Waals surface area contributed by atoms with Crippen molar-refractivity contribution in [2.45, 2.75) is 6.92 Å². The maximum atomic E-state index is 11.5. The summed E-state index contributed by atoms with van der Waals surface area (Å²) < 4.78 is 5.49. The molecule has 0 unspecified atom stereocenters. The Morgan fingerprint density at radius 3 is 2.45 bits per heavy atom. The van der Waals surface area contributed by atoms with Crippen LogP contribution in [-0.2, 0) is 4.79 Å². The van der Waals surface area contributed by atoms with Crippen LogP contribution in [0.15, 0.2) is 54.3 Å². The van der Waals surface area contributed by atoms with Crippen molar-refractivity contribution < 1.29 is 14.5 Å². The van der Waals surface area contributed by atoms with E-state index in [1.807, 2.05) is 13.0 Å². The van der Waals surface area contributed by atoms with Gasteiger partial charge in [0, 0.05) is 12.1 Å². The first-order valence-electron chi connectivity index (χ1n) is 6.46. The lowest BCUT2D eigenvalue weighted by Gasteiger charge is -2.07. The van der Waals surface area contributed by atoms with E-state index in [1.54, 1.807) is 18.2 Å². The highest BCUT2D eigenvalue weighted by Crippen LogP contribution is 2.18. The number of nitro groups is 1. The zero-order valence-corrected chi connectivity index (χ0v) is 11.9. The van der Waals surface area contributed by atoms with Crippen molar-refractivity contribution in [3.05, 3.63) is 75.5 Å². The molecule has 2 rings (SSSR count). The second-order valence-corrected chi connectivity index (χ2v) is 4.64. The summed E-state index contributed by atoms with van der Waals surface area (Å²) in [6, 6.07) is 12.9. The Morgan fingerprint density at radius 2 is 1.91 bits per heavy atom. The van der Waals surface area contributed by atoms with Crippen LogP contribution in [0.5, 0.6) is 5.75 Å². The quantitative estimate of drug-likeness (QED) is 0.397. The third-order valence-electron chi connectivity index (χ3n) is 2.86. The number of non-ortho nitro benzene ring substituents is 1. The van der Waals surface area contributed by atoms with Gasteiger partial charge in [0.05, 0.1) is 4.92 Å². The summed E-state index contributed by atoms with van der Waals surface area (Å²) in [5.41, 5.74) is 6.84. The minimum Gasteiger partial charge on any atom is -0.452 e. The molecule has 2 aromatic carbocycles. The Balaban J connectivity index is 2.27. The summed E-state index contributed by atoms with van der Waals surface area (Å²) in [6.45, 7) is 1.90. The number of carbonyl (C=O) groups is 1. The number of carbonyl (C=O) groups excluding carboxylic acids is 1. The molecule has 1 amide bonds. The third-order valence-corrected chi connectivity index (χ3v) is 2.86. The lowest BCUT2D eigenvalue weighted by Crippen LogP contribution is -2.18. The van der Waals surface area contributed by atoms with Gasteiger partial charge in [-0.05, 0) is 48.4 Å². The molecule has 0 saturated heterocycles. The number of hydrogen-bond donors (Lipinski definition) is 1. The number of amides is 1. The molecule has 0 aliphatic heterocycles. The van der Waals surface area contributed by atoms with Gasteiger partial charge < -0.3 is 10.5 Å². The minimum absolute atomic E-state index is 0.0302. The molecule has 22 heavy (non-hydrogen) atoms. The molecule has 2 aromatic rings. The van der Waals surface area contributed by atoms with E-state index in [0.29, 0.717) is 11.3 Å². The number of hydrogen-bond acceptors (Lipinski definition) is 4. The smallest absolute Gasteiger partial charge is 0.284 e. The molecule has 0 fully saturated rings. The summed E-state index contributed by atoms with van der Waals surface area (Å²) in [5.74, 6) is -0.272. The van der Waals surface area contributed by atoms with E-state index in [4.69, 9.17) is 10.5 Å². The van der Waals surface area contributed by atoms with Crippen LogP contribution in [0.25, 0.3) is 6.08 Å². The molecule has 0 aliphatic carbocycles. The Labute approximate surface area is 127 Å². The molecular formula is C16H14N2O4. The largest absolute Gasteiger partial charge is 0.452 e. The second kappa shape index (κ2) is 6.53. The van der Waals surface area contributed by atoms with Gasteiger partial charge in [0.15, 0.2) is 5.76 Å². The van der Waals surface area contributed by atoms with Gasteiger partial charge >= 0.3 is 0 Å². The van der Waals surface area contributed by atoms with Crippen molar-refractivity contribution >= 4 is 17.7 Å². The van der Waals surface area contributed by atoms with Crippen molar-refractivity contribution in [2.24, 2.45) is 5.73 Å². The number of rotatable bonds is 5. The van der Waals surface area contributed by atoms with Crippen molar-refractivity contribution in [3.8, 4) is 5.75 Å². The molecule has 0 aromatic heterocycles. The number of nitro benzene ring substituents is 1. The van der Waals surface area contributed by atoms with E-state index in [9.17, 15) is 14.9 Å². The fourth-order valence-corrected chi connectivity index (χ4v) is 1.80. The highest BCUT2D eigenvalue weighted by Gasteiger charge is 2.09. The van der Waals surface area contributed by atoms with Crippen molar-refractivity contribution in [3.63, 3.8) is 0 Å². The molecule has 0 bridgehead atoms. The maximum absolute atomic E-state index is 11.5. The van der Waals surface area contributed by atoms with E-state index in [2.05, 4.69) is 0 Å². The Morgan fingerprint density at radius 1 is 1.23 bits per heavy atom. The number of aryl methyl sites for hydroxylation is 1. The average Bonchev–Trinajstić information content (AvgIpc) is 2.47. The van der Waals surface area contributed by atoms with Gasteiger partial charge in [0.2, 0.25) is 0 Å². The van der Waals surface area contributed by atoms with Gasteiger partial charge in [-0.25, -0.2) is 0 Å². The fraction of sp³-hybridized carbons (Fsp3) is 0.0625. The highest BCUT2D eigenvalue weighted by atomic mass is 16.6. The van der Waals surface area contributed by atoms with Crippen LogP contribution in [0.2, 0.25) is 0 Å². The van der Waals surface area contributed by atoms with E-state index in [0.717, 1.165) is 5.56 Å². The van der Waals surface area contributed by atoms with Crippen LogP contribution in [0.1, 0.15) is 11.1 Å². The zero-order valence-electron chi connectivity index (χ0n) is 11.9. The fourth-order valence-electron chi connectivity index (χ4n) is 1.80. The second-order valence-electron chi connectivity index (χ2n) is 4.64. The van der Waals surface area contributed by atoms with Crippen LogP contribution in [0.3, 0.4) is 0 Å². The van der Waals surface area contributed by atoms with Crippen LogP contribution in [0, 0.1) is 17.0 Å². The third kappa shape index (κ3) is 3.92. The van der Waals surface area contributed by atoms with E-state index in [1.165, 1.54) is 30.3 Å². The van der Waals surface area contributed by atoms with Crippen LogP contribution in [-0.4, -0.2) is 10.8 Å². The molecule has 0 heterocycles. The number of benzene rings is 2. The van der Waals surface area contributed by atoms with Crippen LogP contribution in [0.4, 0.5) is 5.69 Å². The predicted molar refractivity (Wildman–Crippen MR) is 82.1 cm³/mol. The monoisotopic (exact) mass is 298 g/mol. The molecule has 0 atom stereocenters. The van der Waals surface area contributed by atoms with Gasteiger partial charge in [0.25, 0.3) is 11.6 Å². The molecule has 2 N–H and O–H groups in total. The lowest BCUT2D eigenvalue weighted by atomic mass is 10.2. The summed E-state index contributed by atoms with van der Waals surface area (Å²) >= 11 is 0. The molecular weight excluding hydrogens is 284 g/mol. The number of nitrogens with two attached hydrogens (primary N) is 1. The van der Waals surface area contributed by atoms with Crippen LogP contribution >= 0.6 is 0 Å². The van der Waals surface area contributed by atoms with E-state index < -0.39 is 10.8 Å². The SMILES string of the molecule is Cc1cccc(O/C(=C\c2ccc([N+](=O)[O-])cc2)C(N)=O)c1. The van der Waals surface area contributed by atoms with Gasteiger partial charge in [-0.15, -0.1) is 0 Å². The topological polar surface area (TPSA) is 95.5 Å². The molecule has 0 spiro atoms. The first kappa shape index (κ1) is 15.2. The first-order valence-corrected chi connectivity index (χ1v) is 6.46. The number of nitrogens with zero attached hydrogens (tertiary/aromatic N) is 1. The van der Waals surface area contributed by atoms with Crippen LogP contribution < -0.4 is 10.5 Å². The minimum atomic E-state index is -0.722. The van der Waals surface area contributed by atoms with Crippen molar-refractivity contribution in [1.82, 2.24) is 0 Å². The van der Waals surface area contributed by atoms with Gasteiger partial charge in [-0.3, -0.25) is 14.9 Å². The van der Waals surface area contributed by atoms with Gasteiger partial charge in [0.1, 0.15) is 5.75 Å². The lowest BCUT2D eigenvalue weighted by molar-refractivity contribution is -0.384. The molecule has 0 radical (unpaired) electrons. The average molecular weight is 298 g/mol. The van der Waals surface area contributed by atoms with Crippen molar-refractivity contribution in [2.75, 3.05) is 0 Å². The summed E-state index contributed by atoms with van der Waals surface area (Å²) in [5, 5.41) is 10.6. The molecule has 6 nitrogen and oxygen atoms in total. The predicted octanol–water partition coefficient (Wildman–Crippen LogP) is 2.81. The summed E-state index contributed by atoms with van der Waals surface area (Å²) in [4.78, 5) is 21.6. The normalized spacial score (nSPS) is 11.0. The number of ether oxygens (including phenoxy) is 1. The van der Waals surface area contributed by atoms with Crippen molar-refractivity contribution in [1.29, 1.82) is 0 Å². The molecule has 6 heteroatoms. The van der Waals surface area contributed by atoms with Gasteiger partial charge in [-0.2, -0.15) is 0 Å². The Kier molecular flexibility index (Phi) is 4.53. The summed E-state index contributed by atoms with van der Waals surface area (Å²) in [7, 11) is 0. The summed E-state index contributed by atoms with van der Waals surface area (Å²) in [6.07, 6.45) is 1.44. The van der Waals surface area contributed by atoms with E-state index in [-0.39, 0.29) is 11.4 Å². The Bertz CT molecular complexity index is 736. The molecule has 0 aliphatic rings. The highest BCUT2D eigenvalue weighted by molar-refractivity contribution is 5.95. The van der Waals surface area contributed by atoms with Gasteiger partial charge in [-0.1, -0.05) is 12.1 Å². The Hall–Kier alpha value is -3.15. The maximum Gasteiger partial charge on any atom is 0.284 e. The zero-order chi connectivity index (χ0) is 16.1. The van der Waals surface area contributed by atoms with E-state index >= 15 is 0 Å². The standard InChI is InChI=1S/C16H14N2O4/c1-11-3-2-4-14(9-11)22-15(16(17)19)10-12-5-7-13(8-6-12)18(20)21/h2-10H,1H3,(H2,17,19)/b15-10-. The molecule has 0 saturated carbocycles. The number of primary amides is 1. The first-order chi connectivity index (χ1) is 10.5. The molecule has 112 valence electrons.